The molecule has 5 rings (SSSR count). The van der Waals surface area contributed by atoms with Crippen LogP contribution in [-0.2, 0) is 6.42 Å². The number of benzene rings is 1. The number of alkyl halides is 3. The zero-order chi connectivity index (χ0) is 19.8. The van der Waals surface area contributed by atoms with Gasteiger partial charge in [0.15, 0.2) is 23.0 Å². The van der Waals surface area contributed by atoms with Crippen molar-refractivity contribution in [2.24, 2.45) is 0 Å². The number of nitrogen functional groups attached to an aromatic ring is 1. The lowest BCUT2D eigenvalue weighted by molar-refractivity contribution is -0.286. The largest absolute Gasteiger partial charge is 0.586 e. The molecule has 0 saturated carbocycles. The van der Waals surface area contributed by atoms with Crippen LogP contribution in [0.15, 0.2) is 12.1 Å². The fourth-order valence-electron chi connectivity index (χ4n) is 3.73. The molecule has 8 nitrogen and oxygen atoms in total. The highest BCUT2D eigenvalue weighted by Gasteiger charge is 2.45. The highest BCUT2D eigenvalue weighted by atomic mass is 19.3. The summed E-state index contributed by atoms with van der Waals surface area (Å²) in [7, 11) is 0. The van der Waals surface area contributed by atoms with Crippen molar-refractivity contribution in [3.05, 3.63) is 18.0 Å². The molecule has 4 heterocycles. The smallest absolute Gasteiger partial charge is 0.395 e. The second-order valence-corrected chi connectivity index (χ2v) is 7.56. The normalized spacial score (nSPS) is 21.2. The minimum Gasteiger partial charge on any atom is -0.395 e. The molecule has 148 valence electrons. The third kappa shape index (κ3) is 2.60. The number of likely N-dealkylation sites (tertiary alicyclic amines) is 1. The Balaban J connectivity index is 1.53. The molecule has 28 heavy (non-hydrogen) atoms. The van der Waals surface area contributed by atoms with Gasteiger partial charge in [0.2, 0.25) is 5.95 Å². The first-order chi connectivity index (χ1) is 13.1. The van der Waals surface area contributed by atoms with Crippen LogP contribution in [0.2, 0.25) is 0 Å². The van der Waals surface area contributed by atoms with Gasteiger partial charge in [0.25, 0.3) is 0 Å². The van der Waals surface area contributed by atoms with Crippen LogP contribution in [0, 0.1) is 0 Å². The highest BCUT2D eigenvalue weighted by molar-refractivity contribution is 5.97. The summed E-state index contributed by atoms with van der Waals surface area (Å²) >= 11 is 0. The van der Waals surface area contributed by atoms with Crippen molar-refractivity contribution in [3.63, 3.8) is 0 Å². The van der Waals surface area contributed by atoms with Gasteiger partial charge in [-0.05, 0) is 26.0 Å². The number of hydrogen-bond acceptors (Lipinski definition) is 7. The van der Waals surface area contributed by atoms with E-state index in [2.05, 4.69) is 24.5 Å². The van der Waals surface area contributed by atoms with E-state index in [1.807, 2.05) is 11.8 Å². The Morgan fingerprint density at radius 2 is 1.96 bits per heavy atom. The van der Waals surface area contributed by atoms with Crippen LogP contribution in [0.1, 0.15) is 19.7 Å². The lowest BCUT2D eigenvalue weighted by Gasteiger charge is -2.45. The monoisotopic (exact) mass is 394 g/mol. The van der Waals surface area contributed by atoms with Gasteiger partial charge in [-0.25, -0.2) is 14.4 Å². The molecule has 0 amide bonds. The predicted octanol–water partition coefficient (Wildman–Crippen LogP) is 2.16. The first kappa shape index (κ1) is 17.3. The number of ether oxygens (including phenoxy) is 2. The summed E-state index contributed by atoms with van der Waals surface area (Å²) in [6, 6.07) is 2.98. The van der Waals surface area contributed by atoms with Gasteiger partial charge in [0, 0.05) is 30.9 Å². The lowest BCUT2D eigenvalue weighted by Crippen LogP contribution is -2.60. The van der Waals surface area contributed by atoms with Gasteiger partial charge < -0.3 is 15.2 Å². The van der Waals surface area contributed by atoms with E-state index in [1.165, 1.54) is 10.6 Å². The molecule has 0 aliphatic carbocycles. The third-order valence-corrected chi connectivity index (χ3v) is 5.05. The molecule has 0 spiro atoms. The van der Waals surface area contributed by atoms with Crippen LogP contribution in [0.4, 0.5) is 19.1 Å². The number of rotatable bonds is 3. The standard InChI is InChI=1S/C17H17F3N6O2/c1-8(25-6-16(2,18)7-25)5-11-22-14-9-3-4-10-13(28-17(19,20)27-10)12(9)23-15(21)26(14)24-11/h3-4,8H,5-7H2,1-2H3,(H2,21,23). The van der Waals surface area contributed by atoms with Gasteiger partial charge in [-0.15, -0.1) is 13.9 Å². The van der Waals surface area contributed by atoms with Gasteiger partial charge >= 0.3 is 6.29 Å². The molecule has 11 heteroatoms. The van der Waals surface area contributed by atoms with Crippen molar-refractivity contribution in [1.29, 1.82) is 0 Å². The van der Waals surface area contributed by atoms with Crippen molar-refractivity contribution in [3.8, 4) is 11.5 Å². The number of nitrogens with two attached hydrogens (primary N) is 1. The van der Waals surface area contributed by atoms with Crippen molar-refractivity contribution < 1.29 is 22.6 Å². The lowest BCUT2D eigenvalue weighted by atomic mass is 9.96. The van der Waals surface area contributed by atoms with Crippen LogP contribution >= 0.6 is 0 Å². The maximum Gasteiger partial charge on any atom is 0.586 e. The molecular weight excluding hydrogens is 377 g/mol. The topological polar surface area (TPSA) is 90.8 Å². The number of aromatic nitrogens is 4. The van der Waals surface area contributed by atoms with E-state index in [1.54, 1.807) is 13.0 Å². The van der Waals surface area contributed by atoms with Crippen molar-refractivity contribution in [2.75, 3.05) is 18.8 Å². The molecule has 1 fully saturated rings. The highest BCUT2D eigenvalue weighted by Crippen LogP contribution is 2.45. The molecule has 1 aromatic carbocycles. The molecule has 2 N–H and O–H groups in total. The summed E-state index contributed by atoms with van der Waals surface area (Å²) in [6.45, 7) is 4.28. The Bertz CT molecular complexity index is 1110. The minimum atomic E-state index is -3.75. The Morgan fingerprint density at radius 3 is 2.68 bits per heavy atom. The quantitative estimate of drug-likeness (QED) is 0.728. The van der Waals surface area contributed by atoms with E-state index in [4.69, 9.17) is 5.73 Å². The van der Waals surface area contributed by atoms with Gasteiger partial charge in [-0.2, -0.15) is 4.52 Å². The van der Waals surface area contributed by atoms with E-state index >= 15 is 0 Å². The van der Waals surface area contributed by atoms with Crippen LogP contribution in [0.3, 0.4) is 0 Å². The summed E-state index contributed by atoms with van der Waals surface area (Å²) in [6.07, 6.45) is -3.27. The van der Waals surface area contributed by atoms with E-state index in [9.17, 15) is 13.2 Å². The number of halogens is 3. The molecule has 2 aliphatic rings. The molecule has 0 bridgehead atoms. The zero-order valence-electron chi connectivity index (χ0n) is 15.1. The van der Waals surface area contributed by atoms with E-state index in [0.29, 0.717) is 36.4 Å². The Kier molecular flexibility index (Phi) is 3.32. The number of anilines is 1. The minimum absolute atomic E-state index is 0.0126. The molecule has 2 aliphatic heterocycles. The maximum absolute atomic E-state index is 13.7. The first-order valence-electron chi connectivity index (χ1n) is 8.78. The summed E-state index contributed by atoms with van der Waals surface area (Å²) in [5.41, 5.74) is 5.32. The number of nitrogens with zero attached hydrogens (tertiary/aromatic N) is 5. The first-order valence-corrected chi connectivity index (χ1v) is 8.78. The van der Waals surface area contributed by atoms with Gasteiger partial charge in [0.1, 0.15) is 11.2 Å². The second kappa shape index (κ2) is 5.37. The molecule has 1 unspecified atom stereocenters. The molecule has 3 aromatic rings. The van der Waals surface area contributed by atoms with E-state index in [-0.39, 0.29) is 29.0 Å². The predicted molar refractivity (Wildman–Crippen MR) is 93.2 cm³/mol. The fourth-order valence-corrected chi connectivity index (χ4v) is 3.73. The number of fused-ring (bicyclic) bond motifs is 5. The third-order valence-electron chi connectivity index (χ3n) is 5.05. The van der Waals surface area contributed by atoms with Crippen molar-refractivity contribution in [1.82, 2.24) is 24.5 Å². The Morgan fingerprint density at radius 1 is 1.21 bits per heavy atom. The summed E-state index contributed by atoms with van der Waals surface area (Å²) < 4.78 is 51.0. The second-order valence-electron chi connectivity index (χ2n) is 7.56. The van der Waals surface area contributed by atoms with Gasteiger partial charge in [-0.3, -0.25) is 4.90 Å². The Hall–Kier alpha value is -2.82. The van der Waals surface area contributed by atoms with Crippen LogP contribution in [0.25, 0.3) is 16.6 Å². The molecule has 0 radical (unpaired) electrons. The maximum atomic E-state index is 13.7. The zero-order valence-corrected chi connectivity index (χ0v) is 15.1. The van der Waals surface area contributed by atoms with Crippen LogP contribution in [0.5, 0.6) is 11.5 Å². The van der Waals surface area contributed by atoms with Crippen LogP contribution < -0.4 is 15.2 Å². The molecule has 1 saturated heterocycles. The molecule has 1 atom stereocenters. The van der Waals surface area contributed by atoms with E-state index in [0.717, 1.165) is 0 Å². The molecular formula is C17H17F3N6O2. The van der Waals surface area contributed by atoms with Crippen molar-refractivity contribution in [2.45, 2.75) is 38.3 Å². The summed E-state index contributed by atoms with van der Waals surface area (Å²) in [5.74, 6) is 0.192. The van der Waals surface area contributed by atoms with Crippen molar-refractivity contribution >= 4 is 22.5 Å². The van der Waals surface area contributed by atoms with Gasteiger partial charge in [-0.1, -0.05) is 0 Å². The fraction of sp³-hybridized carbons (Fsp3) is 0.471. The average Bonchev–Trinajstić information content (AvgIpc) is 3.12. The molecule has 2 aromatic heterocycles. The summed E-state index contributed by atoms with van der Waals surface area (Å²) in [4.78, 5) is 10.7. The van der Waals surface area contributed by atoms with E-state index < -0.39 is 12.0 Å². The number of hydrogen-bond donors (Lipinski definition) is 1. The summed E-state index contributed by atoms with van der Waals surface area (Å²) in [5, 5.41) is 4.84. The van der Waals surface area contributed by atoms with Crippen LogP contribution in [-0.4, -0.2) is 55.6 Å². The SMILES string of the molecule is CC(Cc1nc2c3ccc4c(c3nc(N)n2n1)OC(F)(F)O4)N1CC(C)(F)C1. The average molecular weight is 394 g/mol. The Labute approximate surface area is 157 Å². The van der Waals surface area contributed by atoms with Gasteiger partial charge in [0.05, 0.1) is 0 Å².